The number of fused-ring (bicyclic) bond motifs is 1. The van der Waals surface area contributed by atoms with Crippen LogP contribution in [-0.2, 0) is 13.1 Å². The fourth-order valence-corrected chi connectivity index (χ4v) is 2.88. The fourth-order valence-electron chi connectivity index (χ4n) is 2.88. The number of nitrogens with one attached hydrogen (secondary N) is 2. The van der Waals surface area contributed by atoms with E-state index < -0.39 is 0 Å². The molecule has 1 aliphatic rings. The molecule has 0 radical (unpaired) electrons. The molecule has 0 fully saturated rings. The van der Waals surface area contributed by atoms with Crippen LogP contribution in [0.25, 0.3) is 0 Å². The standard InChI is InChI=1S/C20H21N5O4/c1-26-15-5-3-13(7-17(15)27-2)10-22-20-24-19(11-23-25-20)21-9-14-4-6-16-18(8-14)29-12-28-16/h3-8,11H,9-10,12H2,1-2H3,(H2,21,22,24,25). The van der Waals surface area contributed by atoms with Crippen LogP contribution < -0.4 is 29.6 Å². The number of anilines is 2. The third kappa shape index (κ3) is 4.40. The molecule has 0 saturated carbocycles. The largest absolute Gasteiger partial charge is 0.493 e. The van der Waals surface area contributed by atoms with Crippen LogP contribution in [0.3, 0.4) is 0 Å². The number of hydrogen-bond donors (Lipinski definition) is 2. The van der Waals surface area contributed by atoms with E-state index in [-0.39, 0.29) is 6.79 Å². The number of benzene rings is 2. The van der Waals surface area contributed by atoms with Crippen molar-refractivity contribution in [3.05, 3.63) is 53.7 Å². The van der Waals surface area contributed by atoms with Gasteiger partial charge in [0.15, 0.2) is 28.8 Å². The predicted molar refractivity (Wildman–Crippen MR) is 107 cm³/mol. The van der Waals surface area contributed by atoms with Crippen LogP contribution in [0.5, 0.6) is 23.0 Å². The zero-order valence-corrected chi connectivity index (χ0v) is 16.1. The zero-order valence-electron chi connectivity index (χ0n) is 16.1. The summed E-state index contributed by atoms with van der Waals surface area (Å²) < 4.78 is 21.3. The molecule has 150 valence electrons. The van der Waals surface area contributed by atoms with Crippen LogP contribution in [0.2, 0.25) is 0 Å². The molecule has 9 nitrogen and oxygen atoms in total. The zero-order chi connectivity index (χ0) is 20.1. The summed E-state index contributed by atoms with van der Waals surface area (Å²) in [5, 5.41) is 14.4. The fraction of sp³-hybridized carbons (Fsp3) is 0.250. The predicted octanol–water partition coefficient (Wildman–Crippen LogP) is 2.84. The number of ether oxygens (including phenoxy) is 4. The van der Waals surface area contributed by atoms with Crippen LogP contribution in [0.1, 0.15) is 11.1 Å². The number of hydrogen-bond acceptors (Lipinski definition) is 9. The molecule has 1 aliphatic heterocycles. The Morgan fingerprint density at radius 3 is 2.52 bits per heavy atom. The van der Waals surface area contributed by atoms with Crippen LogP contribution in [0.15, 0.2) is 42.6 Å². The number of rotatable bonds is 8. The van der Waals surface area contributed by atoms with Gasteiger partial charge in [-0.1, -0.05) is 12.1 Å². The molecular formula is C20H21N5O4. The molecule has 2 aromatic carbocycles. The molecule has 0 atom stereocenters. The molecule has 0 spiro atoms. The van der Waals surface area contributed by atoms with E-state index in [4.69, 9.17) is 18.9 Å². The highest BCUT2D eigenvalue weighted by molar-refractivity contribution is 5.46. The first-order chi connectivity index (χ1) is 14.2. The highest BCUT2D eigenvalue weighted by atomic mass is 16.7. The monoisotopic (exact) mass is 395 g/mol. The summed E-state index contributed by atoms with van der Waals surface area (Å²) in [6.45, 7) is 1.36. The minimum Gasteiger partial charge on any atom is -0.493 e. The third-order valence-electron chi connectivity index (χ3n) is 4.37. The Hall–Kier alpha value is -3.75. The Morgan fingerprint density at radius 2 is 1.66 bits per heavy atom. The highest BCUT2D eigenvalue weighted by Gasteiger charge is 2.13. The van der Waals surface area contributed by atoms with Gasteiger partial charge in [-0.3, -0.25) is 0 Å². The Labute approximate surface area is 168 Å². The summed E-state index contributed by atoms with van der Waals surface area (Å²) in [5.74, 6) is 3.92. The second kappa shape index (κ2) is 8.51. The maximum Gasteiger partial charge on any atom is 0.244 e. The third-order valence-corrected chi connectivity index (χ3v) is 4.37. The van der Waals surface area contributed by atoms with Crippen molar-refractivity contribution in [2.75, 3.05) is 31.6 Å². The molecule has 0 amide bonds. The van der Waals surface area contributed by atoms with Crippen LogP contribution in [0.4, 0.5) is 11.8 Å². The number of nitrogens with zero attached hydrogens (tertiary/aromatic N) is 3. The normalized spacial score (nSPS) is 11.8. The minimum atomic E-state index is 0.261. The lowest BCUT2D eigenvalue weighted by Gasteiger charge is -2.11. The van der Waals surface area contributed by atoms with E-state index >= 15 is 0 Å². The van der Waals surface area contributed by atoms with Crippen molar-refractivity contribution in [3.63, 3.8) is 0 Å². The molecule has 2 heterocycles. The highest BCUT2D eigenvalue weighted by Crippen LogP contribution is 2.32. The Morgan fingerprint density at radius 1 is 0.897 bits per heavy atom. The first-order valence-corrected chi connectivity index (χ1v) is 9.02. The molecule has 3 aromatic rings. The Kier molecular flexibility index (Phi) is 5.46. The molecule has 2 N–H and O–H groups in total. The molecular weight excluding hydrogens is 374 g/mol. The van der Waals surface area contributed by atoms with E-state index in [9.17, 15) is 0 Å². The van der Waals surface area contributed by atoms with Gasteiger partial charge >= 0.3 is 0 Å². The van der Waals surface area contributed by atoms with E-state index in [0.29, 0.717) is 36.4 Å². The van der Waals surface area contributed by atoms with Crippen molar-refractivity contribution in [2.24, 2.45) is 0 Å². The van der Waals surface area contributed by atoms with Gasteiger partial charge in [0, 0.05) is 13.1 Å². The van der Waals surface area contributed by atoms with Gasteiger partial charge in [-0.2, -0.15) is 10.1 Å². The summed E-state index contributed by atoms with van der Waals surface area (Å²) in [6, 6.07) is 11.5. The summed E-state index contributed by atoms with van der Waals surface area (Å²) in [6.07, 6.45) is 1.58. The average Bonchev–Trinajstić information content (AvgIpc) is 3.24. The maximum atomic E-state index is 5.40. The van der Waals surface area contributed by atoms with Crippen LogP contribution in [-0.4, -0.2) is 36.2 Å². The molecule has 4 rings (SSSR count). The summed E-state index contributed by atoms with van der Waals surface area (Å²) in [5.41, 5.74) is 2.05. The lowest BCUT2D eigenvalue weighted by atomic mass is 10.2. The second-order valence-electron chi connectivity index (χ2n) is 6.25. The van der Waals surface area contributed by atoms with E-state index in [0.717, 1.165) is 22.6 Å². The van der Waals surface area contributed by atoms with Crippen LogP contribution >= 0.6 is 0 Å². The van der Waals surface area contributed by atoms with Crippen molar-refractivity contribution in [2.45, 2.75) is 13.1 Å². The summed E-state index contributed by atoms with van der Waals surface area (Å²) >= 11 is 0. The molecule has 9 heteroatoms. The van der Waals surface area contributed by atoms with Gasteiger partial charge < -0.3 is 29.6 Å². The first kappa shape index (κ1) is 18.6. The Balaban J connectivity index is 1.36. The van der Waals surface area contributed by atoms with Gasteiger partial charge in [-0.15, -0.1) is 5.10 Å². The van der Waals surface area contributed by atoms with Crippen molar-refractivity contribution in [1.29, 1.82) is 0 Å². The molecule has 29 heavy (non-hydrogen) atoms. The van der Waals surface area contributed by atoms with E-state index in [2.05, 4.69) is 25.8 Å². The molecule has 0 saturated heterocycles. The lowest BCUT2D eigenvalue weighted by molar-refractivity contribution is 0.174. The lowest BCUT2D eigenvalue weighted by Crippen LogP contribution is -2.08. The summed E-state index contributed by atoms with van der Waals surface area (Å²) in [4.78, 5) is 4.44. The molecule has 1 aromatic heterocycles. The number of methoxy groups -OCH3 is 2. The van der Waals surface area contributed by atoms with Crippen molar-refractivity contribution < 1.29 is 18.9 Å². The van der Waals surface area contributed by atoms with Gasteiger partial charge in [0.2, 0.25) is 12.7 Å². The van der Waals surface area contributed by atoms with E-state index in [1.54, 1.807) is 20.4 Å². The second-order valence-corrected chi connectivity index (χ2v) is 6.25. The Bertz CT molecular complexity index is 998. The average molecular weight is 395 g/mol. The van der Waals surface area contributed by atoms with E-state index in [1.807, 2.05) is 36.4 Å². The topological polar surface area (TPSA) is 99.7 Å². The quantitative estimate of drug-likeness (QED) is 0.596. The van der Waals surface area contributed by atoms with Gasteiger partial charge in [0.1, 0.15) is 0 Å². The minimum absolute atomic E-state index is 0.261. The first-order valence-electron chi connectivity index (χ1n) is 9.02. The SMILES string of the molecule is COc1ccc(CNc2nncc(NCc3ccc4c(c3)OCO4)n2)cc1OC. The smallest absolute Gasteiger partial charge is 0.244 e. The van der Waals surface area contributed by atoms with Crippen LogP contribution in [0, 0.1) is 0 Å². The number of aromatic nitrogens is 3. The molecule has 0 aliphatic carbocycles. The molecule has 0 unspecified atom stereocenters. The van der Waals surface area contributed by atoms with Gasteiger partial charge in [0.05, 0.1) is 20.4 Å². The molecule has 0 bridgehead atoms. The van der Waals surface area contributed by atoms with Gasteiger partial charge in [-0.25, -0.2) is 0 Å². The van der Waals surface area contributed by atoms with Crippen molar-refractivity contribution in [1.82, 2.24) is 15.2 Å². The van der Waals surface area contributed by atoms with Gasteiger partial charge in [0.25, 0.3) is 0 Å². The van der Waals surface area contributed by atoms with E-state index in [1.165, 1.54) is 0 Å². The van der Waals surface area contributed by atoms with Crippen molar-refractivity contribution >= 4 is 11.8 Å². The van der Waals surface area contributed by atoms with Gasteiger partial charge in [-0.05, 0) is 35.4 Å². The van der Waals surface area contributed by atoms with Crippen molar-refractivity contribution in [3.8, 4) is 23.0 Å². The summed E-state index contributed by atoms with van der Waals surface area (Å²) in [7, 11) is 3.22. The maximum absolute atomic E-state index is 5.40.